The molecular weight excluding hydrogens is 744 g/mol. The summed E-state index contributed by atoms with van der Waals surface area (Å²) < 4.78 is 69.5. The lowest BCUT2D eigenvalue weighted by atomic mass is 9.81. The number of nitrogen functional groups attached to an aromatic ring is 1. The molecule has 0 radical (unpaired) electrons. The van der Waals surface area contributed by atoms with Crippen LogP contribution in [0.1, 0.15) is 40.8 Å². The van der Waals surface area contributed by atoms with Crippen molar-refractivity contribution < 1.29 is 75.3 Å². The zero-order valence-electron chi connectivity index (χ0n) is 28.6. The van der Waals surface area contributed by atoms with Gasteiger partial charge in [0.15, 0.2) is 29.9 Å². The van der Waals surface area contributed by atoms with Crippen LogP contribution in [-0.2, 0) is 77.3 Å². The largest absolute Gasteiger partial charge is 0.481 e. The second-order valence-electron chi connectivity index (χ2n) is 11.7. The number of fused-ring (bicyclic) bond motifs is 1. The van der Waals surface area contributed by atoms with Crippen LogP contribution in [0.2, 0.25) is 0 Å². The van der Waals surface area contributed by atoms with E-state index in [-0.39, 0.29) is 5.82 Å². The van der Waals surface area contributed by atoms with Crippen molar-refractivity contribution in [2.24, 2.45) is 11.8 Å². The highest BCUT2D eigenvalue weighted by atomic mass is 32.5. The predicted molar refractivity (Wildman–Crippen MR) is 174 cm³/mol. The van der Waals surface area contributed by atoms with Crippen molar-refractivity contribution in [1.82, 2.24) is 19.5 Å². The molecule has 4 heterocycles. The summed E-state index contributed by atoms with van der Waals surface area (Å²) in [6, 6.07) is 0. The normalized spacial score (nSPS) is 31.0. The number of methoxy groups -OCH3 is 2. The molecule has 2 aromatic rings. The summed E-state index contributed by atoms with van der Waals surface area (Å²) in [6.45, 7) is 1.16. The molecule has 2 saturated heterocycles. The van der Waals surface area contributed by atoms with Gasteiger partial charge in [0.2, 0.25) is 6.29 Å². The van der Waals surface area contributed by atoms with E-state index >= 15 is 0 Å². The number of phosphoric ester groups is 1. The average molecular weight is 786 g/mol. The van der Waals surface area contributed by atoms with Crippen molar-refractivity contribution in [3.63, 3.8) is 0 Å². The van der Waals surface area contributed by atoms with Gasteiger partial charge in [-0.2, -0.15) is 0 Å². The maximum Gasteiger partial charge on any atom is 0.481 e. The number of aromatic nitrogens is 4. The van der Waals surface area contributed by atoms with Gasteiger partial charge in [0.1, 0.15) is 42.9 Å². The van der Waals surface area contributed by atoms with Crippen molar-refractivity contribution in [2.75, 3.05) is 33.2 Å². The highest BCUT2D eigenvalue weighted by Gasteiger charge is 2.52. The fourth-order valence-corrected chi connectivity index (χ4v) is 8.90. The number of hydrogen-bond donors (Lipinski definition) is 3. The first-order valence-electron chi connectivity index (χ1n) is 15.3. The summed E-state index contributed by atoms with van der Waals surface area (Å²) in [6.07, 6.45) is -6.17. The van der Waals surface area contributed by atoms with Crippen molar-refractivity contribution in [1.29, 1.82) is 0 Å². The molecule has 0 spiro atoms. The summed E-state index contributed by atoms with van der Waals surface area (Å²) in [5.74, 6) is -3.22. The number of carbonyl (C=O) groups excluding carboxylic acids is 3. The number of ether oxygens (including phenoxy) is 7. The molecule has 2 aromatic heterocycles. The Morgan fingerprint density at radius 2 is 1.69 bits per heavy atom. The number of carbonyl (C=O) groups is 3. The minimum absolute atomic E-state index is 0.145. The Hall–Kier alpha value is -2.72. The fraction of sp³-hybridized carbons (Fsp3) is 0.704. The lowest BCUT2D eigenvalue weighted by molar-refractivity contribution is -0.270. The van der Waals surface area contributed by atoms with Gasteiger partial charge < -0.3 is 53.2 Å². The fourth-order valence-electron chi connectivity index (χ4n) is 5.81. The zero-order valence-corrected chi connectivity index (χ0v) is 31.2. The van der Waals surface area contributed by atoms with Gasteiger partial charge in [-0.1, -0.05) is 13.8 Å². The van der Waals surface area contributed by atoms with Crippen molar-refractivity contribution in [2.45, 2.75) is 83.8 Å². The Labute approximate surface area is 297 Å². The molecule has 286 valence electrons. The molecule has 0 aromatic carbocycles. The number of nitrogens with zero attached hydrogens (tertiary/aromatic N) is 4. The van der Waals surface area contributed by atoms with E-state index in [4.69, 9.17) is 64.1 Å². The Kier molecular flexibility index (Phi) is 13.6. The van der Waals surface area contributed by atoms with Gasteiger partial charge in [0.25, 0.3) is 0 Å². The zero-order chi connectivity index (χ0) is 37.8. The van der Waals surface area contributed by atoms with Gasteiger partial charge in [-0.3, -0.25) is 23.5 Å². The molecule has 2 aliphatic rings. The molecule has 2 fully saturated rings. The minimum Gasteiger partial charge on any atom is -0.462 e. The van der Waals surface area contributed by atoms with E-state index in [0.717, 1.165) is 20.8 Å². The van der Waals surface area contributed by atoms with Gasteiger partial charge in [-0.25, -0.2) is 23.8 Å². The molecule has 51 heavy (non-hydrogen) atoms. The molecule has 4 rings (SSSR count). The number of imidazole rings is 1. The van der Waals surface area contributed by atoms with Gasteiger partial charge in [0, 0.05) is 40.9 Å². The number of nitrogens with two attached hydrogens (primary N) is 1. The van der Waals surface area contributed by atoms with Crippen molar-refractivity contribution in [3.05, 3.63) is 12.7 Å². The summed E-state index contributed by atoms with van der Waals surface area (Å²) in [5.41, 5.74) is 6.57. The van der Waals surface area contributed by atoms with Crippen LogP contribution in [0.4, 0.5) is 5.82 Å². The highest BCUT2D eigenvalue weighted by molar-refractivity contribution is 8.08. The maximum absolute atomic E-state index is 13.3. The summed E-state index contributed by atoms with van der Waals surface area (Å²) in [4.78, 5) is 69.4. The first-order chi connectivity index (χ1) is 23.9. The molecule has 0 aliphatic carbocycles. The first-order valence-corrected chi connectivity index (χ1v) is 19.4. The van der Waals surface area contributed by atoms with Crippen LogP contribution in [0.25, 0.3) is 11.2 Å². The number of rotatable bonds is 15. The smallest absolute Gasteiger partial charge is 0.462 e. The molecule has 0 amide bonds. The molecular formula is C27H41N5O16P2S. The highest BCUT2D eigenvalue weighted by Crippen LogP contribution is 2.62. The van der Waals surface area contributed by atoms with Gasteiger partial charge in [0.05, 0.1) is 12.9 Å². The molecule has 0 saturated carbocycles. The number of phosphoric acid groups is 1. The van der Waals surface area contributed by atoms with E-state index in [1.807, 2.05) is 0 Å². The molecule has 0 bridgehead atoms. The average Bonchev–Trinajstić information content (AvgIpc) is 3.62. The van der Waals surface area contributed by atoms with Crippen LogP contribution in [0, 0.1) is 11.8 Å². The molecule has 12 atom stereocenters. The summed E-state index contributed by atoms with van der Waals surface area (Å²) in [5, 5.41) is 0. The Bertz CT molecular complexity index is 1670. The van der Waals surface area contributed by atoms with Crippen molar-refractivity contribution in [3.8, 4) is 0 Å². The van der Waals surface area contributed by atoms with E-state index in [1.165, 1.54) is 26.9 Å². The molecule has 2 aliphatic heterocycles. The van der Waals surface area contributed by atoms with Crippen LogP contribution in [0.15, 0.2) is 12.7 Å². The molecule has 24 heteroatoms. The summed E-state index contributed by atoms with van der Waals surface area (Å²) >= 11 is 5.03. The van der Waals surface area contributed by atoms with E-state index in [2.05, 4.69) is 15.0 Å². The number of hydrogen-bond acceptors (Lipinski definition) is 19. The summed E-state index contributed by atoms with van der Waals surface area (Å²) in [7, 11) is -2.57. The van der Waals surface area contributed by atoms with Gasteiger partial charge in [-0.15, -0.1) is 0 Å². The van der Waals surface area contributed by atoms with Crippen LogP contribution < -0.4 is 5.73 Å². The minimum atomic E-state index is -5.38. The third kappa shape index (κ3) is 10.0. The molecule has 4 N–H and O–H groups in total. The second kappa shape index (κ2) is 17.0. The predicted octanol–water partition coefficient (Wildman–Crippen LogP) is 1.13. The monoisotopic (exact) mass is 785 g/mol. The Balaban J connectivity index is 1.49. The SMILES string of the molecule is COC1[C@@H](OC)[C@@H](COP(O)(=S)OP(=O)(O)O[C@@H]2OC([C@@H](COC(C)=O)OC(C)=O)[C@@H](C)[C@H](C)C2OC(C)=O)O[C@H]1n1cnc2c(N)ncnc21. The van der Waals surface area contributed by atoms with E-state index in [1.54, 1.807) is 18.4 Å². The van der Waals surface area contributed by atoms with E-state index < -0.39 is 107 Å². The molecule has 21 nitrogen and oxygen atoms in total. The second-order valence-corrected chi connectivity index (χ2v) is 16.1. The Morgan fingerprint density at radius 3 is 2.29 bits per heavy atom. The van der Waals surface area contributed by atoms with Crippen LogP contribution in [0.5, 0.6) is 0 Å². The number of esters is 3. The third-order valence-electron chi connectivity index (χ3n) is 8.20. The van der Waals surface area contributed by atoms with Gasteiger partial charge >= 0.3 is 32.4 Å². The standard InChI is InChI=1S/C27H41N5O16P2S/c1-12-13(2)21(44-16(5)35)27(46-20(12)17(43-15(4)34)8-41-14(3)33)47-49(36,37)48-50(38,51)42-9-18-22(39-6)23(40-7)26(45-18)32-11-31-19-24(28)29-10-30-25(19)32/h10-13,17-18,20-23,26-27H,8-9H2,1-7H3,(H,36,37)(H,38,51)(H2,28,29,30)/t12-,13-,17+,18+,20?,21?,22-,23?,26+,27-,50?/m0/s1. The lowest BCUT2D eigenvalue weighted by Crippen LogP contribution is -2.56. The Morgan fingerprint density at radius 1 is 1.00 bits per heavy atom. The topological polar surface area (TPSA) is 271 Å². The van der Waals surface area contributed by atoms with E-state index in [0.29, 0.717) is 11.2 Å². The van der Waals surface area contributed by atoms with Crippen LogP contribution >= 0.6 is 14.5 Å². The first kappa shape index (κ1) is 41.0. The van der Waals surface area contributed by atoms with E-state index in [9.17, 15) is 28.7 Å². The third-order valence-corrected chi connectivity index (χ3v) is 11.7. The van der Waals surface area contributed by atoms with Crippen LogP contribution in [0.3, 0.4) is 0 Å². The van der Waals surface area contributed by atoms with Crippen molar-refractivity contribution >= 4 is 61.2 Å². The van der Waals surface area contributed by atoms with Gasteiger partial charge in [-0.05, 0) is 17.7 Å². The maximum atomic E-state index is 13.3. The quantitative estimate of drug-likeness (QED) is 0.130. The van der Waals surface area contributed by atoms with Crippen LogP contribution in [-0.4, -0.2) is 118 Å². The lowest BCUT2D eigenvalue weighted by Gasteiger charge is -2.45. The molecule has 5 unspecified atom stereocenters. The number of anilines is 1.